The maximum absolute atomic E-state index is 11.6. The van der Waals surface area contributed by atoms with Gasteiger partial charge in [-0.3, -0.25) is 4.79 Å². The lowest BCUT2D eigenvalue weighted by molar-refractivity contribution is -0.124. The number of nitrogens with one attached hydrogen (secondary N) is 1. The van der Waals surface area contributed by atoms with Crippen molar-refractivity contribution < 1.29 is 4.79 Å². The zero-order valence-corrected chi connectivity index (χ0v) is 15.7. The van der Waals surface area contributed by atoms with E-state index in [-0.39, 0.29) is 36.6 Å². The Morgan fingerprint density at radius 1 is 1.30 bits per heavy atom. The molecule has 2 rings (SSSR count). The molecule has 0 aliphatic heterocycles. The van der Waals surface area contributed by atoms with Crippen molar-refractivity contribution in [2.45, 2.75) is 20.3 Å². The van der Waals surface area contributed by atoms with Gasteiger partial charge < -0.3 is 11.1 Å². The van der Waals surface area contributed by atoms with Gasteiger partial charge in [-0.25, -0.2) is 4.98 Å². The fraction of sp³-hybridized carbons (Fsp3) is 0.375. The molecule has 1 atom stereocenters. The second kappa shape index (κ2) is 10.6. The third-order valence-electron chi connectivity index (χ3n) is 3.33. The number of nitrogens with zero attached hydrogens (tertiary/aromatic N) is 1. The molecule has 0 bridgehead atoms. The maximum atomic E-state index is 11.6. The van der Waals surface area contributed by atoms with Gasteiger partial charge in [0.2, 0.25) is 5.91 Å². The van der Waals surface area contributed by atoms with Gasteiger partial charge in [-0.15, -0.1) is 36.2 Å². The lowest BCUT2D eigenvalue weighted by Gasteiger charge is -2.08. The number of carbonyl (C=O) groups is 1. The van der Waals surface area contributed by atoms with Crippen LogP contribution in [0, 0.1) is 12.8 Å². The summed E-state index contributed by atoms with van der Waals surface area (Å²) in [5, 5.41) is 3.95. The highest BCUT2D eigenvalue weighted by Gasteiger charge is 2.12. The van der Waals surface area contributed by atoms with Crippen LogP contribution in [0.15, 0.2) is 30.3 Å². The standard InChI is InChI=1S/C16H21N3OS.2ClH/c1-11(10-17)16(20)18-9-8-14-19-15(12(2)21-14)13-6-4-3-5-7-13;;/h3-7,11H,8-10,17H2,1-2H3,(H,18,20);2*1H. The molecule has 1 amide bonds. The van der Waals surface area contributed by atoms with Crippen LogP contribution in [0.25, 0.3) is 11.3 Å². The predicted molar refractivity (Wildman–Crippen MR) is 102 cm³/mol. The Labute approximate surface area is 153 Å². The molecule has 0 radical (unpaired) electrons. The first-order valence-corrected chi connectivity index (χ1v) is 7.93. The summed E-state index contributed by atoms with van der Waals surface area (Å²) in [6.45, 7) is 4.89. The van der Waals surface area contributed by atoms with Crippen molar-refractivity contribution in [1.29, 1.82) is 0 Å². The van der Waals surface area contributed by atoms with Crippen LogP contribution in [0.2, 0.25) is 0 Å². The van der Waals surface area contributed by atoms with Crippen LogP contribution in [0.1, 0.15) is 16.8 Å². The Morgan fingerprint density at radius 2 is 1.96 bits per heavy atom. The lowest BCUT2D eigenvalue weighted by atomic mass is 10.1. The SMILES string of the molecule is Cc1sc(CCNC(=O)C(C)CN)nc1-c1ccccc1.Cl.Cl. The first-order chi connectivity index (χ1) is 10.1. The van der Waals surface area contributed by atoms with E-state index >= 15 is 0 Å². The van der Waals surface area contributed by atoms with E-state index < -0.39 is 0 Å². The number of amides is 1. The molecule has 7 heteroatoms. The number of aromatic nitrogens is 1. The summed E-state index contributed by atoms with van der Waals surface area (Å²) < 4.78 is 0. The third-order valence-corrected chi connectivity index (χ3v) is 4.36. The first-order valence-electron chi connectivity index (χ1n) is 7.11. The number of aryl methyl sites for hydroxylation is 1. The van der Waals surface area contributed by atoms with E-state index in [1.54, 1.807) is 11.3 Å². The molecule has 1 aromatic heterocycles. The quantitative estimate of drug-likeness (QED) is 0.814. The number of halogens is 2. The van der Waals surface area contributed by atoms with Crippen LogP contribution in [-0.2, 0) is 11.2 Å². The minimum absolute atomic E-state index is 0. The zero-order valence-electron chi connectivity index (χ0n) is 13.2. The Balaban J connectivity index is 0.00000242. The van der Waals surface area contributed by atoms with E-state index in [0.717, 1.165) is 22.7 Å². The Morgan fingerprint density at radius 3 is 2.57 bits per heavy atom. The maximum Gasteiger partial charge on any atom is 0.224 e. The van der Waals surface area contributed by atoms with Gasteiger partial charge in [-0.05, 0) is 6.92 Å². The molecule has 23 heavy (non-hydrogen) atoms. The van der Waals surface area contributed by atoms with Gasteiger partial charge >= 0.3 is 0 Å². The number of benzene rings is 1. The molecule has 1 aromatic carbocycles. The fourth-order valence-electron chi connectivity index (χ4n) is 2.00. The molecule has 4 nitrogen and oxygen atoms in total. The molecule has 2 aromatic rings. The van der Waals surface area contributed by atoms with E-state index in [1.165, 1.54) is 4.88 Å². The van der Waals surface area contributed by atoms with E-state index in [1.807, 2.05) is 25.1 Å². The van der Waals surface area contributed by atoms with Crippen molar-refractivity contribution in [3.05, 3.63) is 40.2 Å². The number of thiazole rings is 1. The number of rotatable bonds is 6. The Hall–Kier alpha value is -1.14. The summed E-state index contributed by atoms with van der Waals surface area (Å²) in [4.78, 5) is 17.5. The van der Waals surface area contributed by atoms with Crippen LogP contribution in [0.3, 0.4) is 0 Å². The molecule has 0 saturated heterocycles. The third kappa shape index (κ3) is 6.11. The van der Waals surface area contributed by atoms with Gasteiger partial charge in [0.25, 0.3) is 0 Å². The Kier molecular flexibility index (Phi) is 10.1. The van der Waals surface area contributed by atoms with Crippen molar-refractivity contribution in [3.63, 3.8) is 0 Å². The summed E-state index contributed by atoms with van der Waals surface area (Å²) in [5.74, 6) is -0.128. The van der Waals surface area contributed by atoms with Crippen LogP contribution in [0.4, 0.5) is 0 Å². The smallest absolute Gasteiger partial charge is 0.224 e. The van der Waals surface area contributed by atoms with Crippen molar-refractivity contribution in [2.75, 3.05) is 13.1 Å². The first kappa shape index (κ1) is 21.9. The van der Waals surface area contributed by atoms with E-state index in [9.17, 15) is 4.79 Å². The molecule has 1 heterocycles. The second-order valence-electron chi connectivity index (χ2n) is 5.06. The molecular formula is C16H23Cl2N3OS. The molecule has 0 aliphatic carbocycles. The zero-order chi connectivity index (χ0) is 15.2. The predicted octanol–water partition coefficient (Wildman–Crippen LogP) is 3.22. The minimum atomic E-state index is -0.136. The second-order valence-corrected chi connectivity index (χ2v) is 6.34. The van der Waals surface area contributed by atoms with E-state index in [0.29, 0.717) is 13.1 Å². The van der Waals surface area contributed by atoms with Crippen molar-refractivity contribution in [3.8, 4) is 11.3 Å². The van der Waals surface area contributed by atoms with Crippen LogP contribution >= 0.6 is 36.2 Å². The van der Waals surface area contributed by atoms with Crippen LogP contribution in [-0.4, -0.2) is 24.0 Å². The minimum Gasteiger partial charge on any atom is -0.355 e. The molecule has 0 saturated carbocycles. The topological polar surface area (TPSA) is 68.0 Å². The summed E-state index contributed by atoms with van der Waals surface area (Å²) in [6, 6.07) is 10.2. The number of hydrogen-bond donors (Lipinski definition) is 2. The average molecular weight is 376 g/mol. The molecular weight excluding hydrogens is 353 g/mol. The van der Waals surface area contributed by atoms with Crippen LogP contribution in [0.5, 0.6) is 0 Å². The van der Waals surface area contributed by atoms with Crippen LogP contribution < -0.4 is 11.1 Å². The highest BCUT2D eigenvalue weighted by atomic mass is 35.5. The summed E-state index contributed by atoms with van der Waals surface area (Å²) >= 11 is 1.69. The normalized spacial score (nSPS) is 11.1. The Bertz CT molecular complexity index is 605. The van der Waals surface area contributed by atoms with E-state index in [4.69, 9.17) is 5.73 Å². The lowest BCUT2D eigenvalue weighted by Crippen LogP contribution is -2.34. The van der Waals surface area contributed by atoms with Crippen molar-refractivity contribution in [1.82, 2.24) is 10.3 Å². The largest absolute Gasteiger partial charge is 0.355 e. The molecule has 0 spiro atoms. The van der Waals surface area contributed by atoms with Gasteiger partial charge in [0.05, 0.1) is 10.7 Å². The van der Waals surface area contributed by atoms with Gasteiger partial charge in [0.15, 0.2) is 0 Å². The van der Waals surface area contributed by atoms with Crippen molar-refractivity contribution >= 4 is 42.1 Å². The average Bonchev–Trinajstić information content (AvgIpc) is 2.88. The molecule has 3 N–H and O–H groups in total. The highest BCUT2D eigenvalue weighted by molar-refractivity contribution is 7.12. The molecule has 1 unspecified atom stereocenters. The fourth-order valence-corrected chi connectivity index (χ4v) is 2.95. The van der Waals surface area contributed by atoms with Gasteiger partial charge in [0.1, 0.15) is 0 Å². The van der Waals surface area contributed by atoms with Gasteiger partial charge in [-0.1, -0.05) is 37.3 Å². The van der Waals surface area contributed by atoms with E-state index in [2.05, 4.69) is 29.4 Å². The van der Waals surface area contributed by atoms with Crippen molar-refractivity contribution in [2.24, 2.45) is 11.7 Å². The molecule has 128 valence electrons. The number of carbonyl (C=O) groups excluding carboxylic acids is 1. The van der Waals surface area contributed by atoms with Gasteiger partial charge in [-0.2, -0.15) is 0 Å². The highest BCUT2D eigenvalue weighted by Crippen LogP contribution is 2.27. The number of hydrogen-bond acceptors (Lipinski definition) is 4. The van der Waals surface area contributed by atoms with Gasteiger partial charge in [0, 0.05) is 35.9 Å². The molecule has 0 aliphatic rings. The summed E-state index contributed by atoms with van der Waals surface area (Å²) in [6.07, 6.45) is 0.751. The monoisotopic (exact) mass is 375 g/mol. The number of nitrogens with two attached hydrogens (primary N) is 1. The summed E-state index contributed by atoms with van der Waals surface area (Å²) in [5.41, 5.74) is 7.65. The summed E-state index contributed by atoms with van der Waals surface area (Å²) in [7, 11) is 0. The molecule has 0 fully saturated rings.